The van der Waals surface area contributed by atoms with E-state index in [1.165, 1.54) is 0 Å². The minimum atomic E-state index is -0.139. The molecule has 0 aliphatic heterocycles. The Labute approximate surface area is 164 Å². The average Bonchev–Trinajstić information content (AvgIpc) is 3.07. The fourth-order valence-corrected chi connectivity index (χ4v) is 3.25. The van der Waals surface area contributed by atoms with Crippen LogP contribution in [0.25, 0.3) is 5.69 Å². The third kappa shape index (κ3) is 4.03. The van der Waals surface area contributed by atoms with Gasteiger partial charge in [0, 0.05) is 6.20 Å². The highest BCUT2D eigenvalue weighted by molar-refractivity contribution is 6.32. The monoisotopic (exact) mass is 382 g/mol. The number of carbonyl (C=O) groups is 1. The zero-order valence-corrected chi connectivity index (χ0v) is 16.5. The van der Waals surface area contributed by atoms with Crippen molar-refractivity contribution in [2.24, 2.45) is 0 Å². The fraction of sp³-hybridized carbons (Fsp3) is 0.286. The lowest BCUT2D eigenvalue weighted by atomic mass is 10.0. The summed E-state index contributed by atoms with van der Waals surface area (Å²) in [7, 11) is 0. The highest BCUT2D eigenvalue weighted by atomic mass is 35.5. The number of carbonyl (C=O) groups excluding carboxylic acids is 1. The SMILES string of the molecule is CCc1c(C(=O)NCc2ccccn2)c(C(C)C)nn1-c1ccccc1Cl. The third-order valence-corrected chi connectivity index (χ3v) is 4.67. The van der Waals surface area contributed by atoms with Crippen LogP contribution < -0.4 is 5.32 Å². The van der Waals surface area contributed by atoms with Gasteiger partial charge in [-0.3, -0.25) is 9.78 Å². The van der Waals surface area contributed by atoms with Crippen molar-refractivity contribution in [2.45, 2.75) is 39.7 Å². The van der Waals surface area contributed by atoms with Gasteiger partial charge in [-0.15, -0.1) is 0 Å². The van der Waals surface area contributed by atoms with Crippen molar-refractivity contribution in [3.05, 3.63) is 76.3 Å². The number of nitrogens with one attached hydrogen (secondary N) is 1. The summed E-state index contributed by atoms with van der Waals surface area (Å²) in [6, 6.07) is 13.2. The van der Waals surface area contributed by atoms with Crippen LogP contribution in [0.2, 0.25) is 5.02 Å². The summed E-state index contributed by atoms with van der Waals surface area (Å²) >= 11 is 6.38. The number of hydrogen-bond donors (Lipinski definition) is 1. The van der Waals surface area contributed by atoms with Gasteiger partial charge in [-0.2, -0.15) is 5.10 Å². The molecule has 0 aliphatic rings. The van der Waals surface area contributed by atoms with Crippen molar-refractivity contribution in [1.82, 2.24) is 20.1 Å². The molecule has 1 aromatic carbocycles. The number of pyridine rings is 1. The highest BCUT2D eigenvalue weighted by Gasteiger charge is 2.25. The van der Waals surface area contributed by atoms with Crippen LogP contribution in [0.5, 0.6) is 0 Å². The molecule has 0 saturated carbocycles. The highest BCUT2D eigenvalue weighted by Crippen LogP contribution is 2.28. The summed E-state index contributed by atoms with van der Waals surface area (Å²) in [6.07, 6.45) is 2.38. The zero-order chi connectivity index (χ0) is 19.4. The molecule has 1 N–H and O–H groups in total. The molecule has 0 atom stereocenters. The predicted octanol–water partition coefficient (Wildman–Crippen LogP) is 4.54. The van der Waals surface area contributed by atoms with Gasteiger partial charge >= 0.3 is 0 Å². The number of nitrogens with zero attached hydrogens (tertiary/aromatic N) is 3. The Hall–Kier alpha value is -2.66. The largest absolute Gasteiger partial charge is 0.346 e. The van der Waals surface area contributed by atoms with Crippen LogP contribution in [0.3, 0.4) is 0 Å². The first-order valence-electron chi connectivity index (χ1n) is 9.07. The van der Waals surface area contributed by atoms with Crippen LogP contribution in [0.15, 0.2) is 48.7 Å². The maximum atomic E-state index is 13.0. The van der Waals surface area contributed by atoms with E-state index in [4.69, 9.17) is 16.7 Å². The standard InChI is InChI=1S/C21H23ClN4O/c1-4-17-19(21(27)24-13-15-9-7-8-12-23-15)20(14(2)3)25-26(17)18-11-6-5-10-16(18)22/h5-12,14H,4,13H2,1-3H3,(H,24,27). The van der Waals surface area contributed by atoms with Crippen molar-refractivity contribution >= 4 is 17.5 Å². The summed E-state index contributed by atoms with van der Waals surface area (Å²) in [6.45, 7) is 6.46. The van der Waals surface area contributed by atoms with Gasteiger partial charge in [-0.1, -0.05) is 50.6 Å². The van der Waals surface area contributed by atoms with Crippen LogP contribution in [0.1, 0.15) is 54.1 Å². The summed E-state index contributed by atoms with van der Waals surface area (Å²) in [4.78, 5) is 17.3. The second-order valence-corrected chi connectivity index (χ2v) is 6.99. The van der Waals surface area contributed by atoms with Crippen molar-refractivity contribution in [1.29, 1.82) is 0 Å². The van der Waals surface area contributed by atoms with E-state index in [1.807, 2.05) is 63.2 Å². The van der Waals surface area contributed by atoms with Gasteiger partial charge < -0.3 is 5.32 Å². The Morgan fingerprint density at radius 2 is 1.93 bits per heavy atom. The lowest BCUT2D eigenvalue weighted by molar-refractivity contribution is 0.0948. The first-order chi connectivity index (χ1) is 13.0. The lowest BCUT2D eigenvalue weighted by Crippen LogP contribution is -2.25. The van der Waals surface area contributed by atoms with Gasteiger partial charge in [0.2, 0.25) is 0 Å². The quantitative estimate of drug-likeness (QED) is 0.681. The maximum Gasteiger partial charge on any atom is 0.255 e. The van der Waals surface area contributed by atoms with Crippen molar-refractivity contribution < 1.29 is 4.79 Å². The van der Waals surface area contributed by atoms with E-state index in [0.717, 1.165) is 22.8 Å². The van der Waals surface area contributed by atoms with Crippen molar-refractivity contribution in [3.8, 4) is 5.69 Å². The first kappa shape index (κ1) is 19.1. The van der Waals surface area contributed by atoms with E-state index in [2.05, 4.69) is 10.3 Å². The van der Waals surface area contributed by atoms with E-state index in [1.54, 1.807) is 10.9 Å². The lowest BCUT2D eigenvalue weighted by Gasteiger charge is -2.10. The Morgan fingerprint density at radius 3 is 2.56 bits per heavy atom. The molecule has 27 heavy (non-hydrogen) atoms. The molecule has 0 saturated heterocycles. The van der Waals surface area contributed by atoms with Crippen LogP contribution in [0, 0.1) is 0 Å². The zero-order valence-electron chi connectivity index (χ0n) is 15.7. The van der Waals surface area contributed by atoms with Gasteiger partial charge in [-0.25, -0.2) is 4.68 Å². The van der Waals surface area contributed by atoms with E-state index >= 15 is 0 Å². The minimum absolute atomic E-state index is 0.106. The molecule has 3 rings (SSSR count). The Bertz CT molecular complexity index is 935. The molecule has 140 valence electrons. The molecule has 3 aromatic rings. The van der Waals surface area contributed by atoms with Crippen LogP contribution in [0.4, 0.5) is 0 Å². The molecule has 1 amide bonds. The Kier molecular flexibility index (Phi) is 5.91. The topological polar surface area (TPSA) is 59.8 Å². The number of halogens is 1. The number of para-hydroxylation sites is 1. The molecule has 6 heteroatoms. The van der Waals surface area contributed by atoms with Crippen molar-refractivity contribution in [2.75, 3.05) is 0 Å². The molecule has 0 fully saturated rings. The number of aromatic nitrogens is 3. The number of amides is 1. The Morgan fingerprint density at radius 1 is 1.19 bits per heavy atom. The van der Waals surface area contributed by atoms with E-state index in [0.29, 0.717) is 23.6 Å². The summed E-state index contributed by atoms with van der Waals surface area (Å²) in [5.41, 5.74) is 3.84. The summed E-state index contributed by atoms with van der Waals surface area (Å²) in [5, 5.41) is 8.32. The van der Waals surface area contributed by atoms with E-state index < -0.39 is 0 Å². The summed E-state index contributed by atoms with van der Waals surface area (Å²) < 4.78 is 1.80. The first-order valence-corrected chi connectivity index (χ1v) is 9.45. The molecular weight excluding hydrogens is 360 g/mol. The van der Waals surface area contributed by atoms with Gasteiger partial charge in [0.15, 0.2) is 0 Å². The summed E-state index contributed by atoms with van der Waals surface area (Å²) in [5.74, 6) is -0.0332. The van der Waals surface area contributed by atoms with Gasteiger partial charge in [0.1, 0.15) is 0 Å². The molecule has 5 nitrogen and oxygen atoms in total. The predicted molar refractivity (Wildman–Crippen MR) is 107 cm³/mol. The van der Waals surface area contributed by atoms with E-state index in [9.17, 15) is 4.79 Å². The van der Waals surface area contributed by atoms with Crippen molar-refractivity contribution in [3.63, 3.8) is 0 Å². The maximum absolute atomic E-state index is 13.0. The van der Waals surface area contributed by atoms with Gasteiger partial charge in [-0.05, 0) is 36.6 Å². The number of rotatable bonds is 6. The van der Waals surface area contributed by atoms with E-state index in [-0.39, 0.29) is 11.8 Å². The Balaban J connectivity index is 2.00. The molecule has 0 aliphatic carbocycles. The molecule has 0 bridgehead atoms. The van der Waals surface area contributed by atoms with Crippen LogP contribution in [-0.4, -0.2) is 20.7 Å². The average molecular weight is 383 g/mol. The molecule has 2 heterocycles. The molecule has 0 radical (unpaired) electrons. The molecule has 0 unspecified atom stereocenters. The molecule has 2 aromatic heterocycles. The van der Waals surface area contributed by atoms with Gasteiger partial charge in [0.05, 0.1) is 39.9 Å². The second kappa shape index (κ2) is 8.35. The minimum Gasteiger partial charge on any atom is -0.346 e. The third-order valence-electron chi connectivity index (χ3n) is 4.35. The number of benzene rings is 1. The van der Waals surface area contributed by atoms with Gasteiger partial charge in [0.25, 0.3) is 5.91 Å². The smallest absolute Gasteiger partial charge is 0.255 e. The second-order valence-electron chi connectivity index (χ2n) is 6.58. The molecule has 0 spiro atoms. The normalized spacial score (nSPS) is 11.0. The number of hydrogen-bond acceptors (Lipinski definition) is 3. The molecular formula is C21H23ClN4O. The van der Waals surface area contributed by atoms with Crippen LogP contribution >= 0.6 is 11.6 Å². The van der Waals surface area contributed by atoms with Crippen LogP contribution in [-0.2, 0) is 13.0 Å². The fourth-order valence-electron chi connectivity index (χ4n) is 3.03.